The van der Waals surface area contributed by atoms with Crippen molar-refractivity contribution < 1.29 is 9.53 Å². The molecule has 0 saturated carbocycles. The van der Waals surface area contributed by atoms with Crippen LogP contribution in [0.3, 0.4) is 0 Å². The minimum Gasteiger partial charge on any atom is -0.496 e. The summed E-state index contributed by atoms with van der Waals surface area (Å²) in [5.74, 6) is 1.12. The van der Waals surface area contributed by atoms with Crippen LogP contribution < -0.4 is 4.74 Å². The number of Topliss-reactive ketones (excluding diaryl/α,β-unsaturated/α-hetero) is 1. The number of methoxy groups -OCH3 is 1. The lowest BCUT2D eigenvalue weighted by molar-refractivity contribution is 0.0972. The average Bonchev–Trinajstić information content (AvgIpc) is 2.87. The summed E-state index contributed by atoms with van der Waals surface area (Å²) in [6.45, 7) is 2.03. The Balaban J connectivity index is 1.90. The zero-order chi connectivity index (χ0) is 14.5. The molecule has 0 bridgehead atoms. The molecule has 3 heteroatoms. The number of carbonyl (C=O) groups excluding carboxylic acids is 1. The summed E-state index contributed by atoms with van der Waals surface area (Å²) in [4.78, 5) is 12.0. The highest BCUT2D eigenvalue weighted by Gasteiger charge is 2.09. The minimum atomic E-state index is 0.205. The number of aromatic nitrogens is 1. The second kappa shape index (κ2) is 6.42. The molecule has 2 rings (SSSR count). The first-order valence-electron chi connectivity index (χ1n) is 6.90. The molecular formula is C17H21NO2. The number of hydrogen-bond donors (Lipinski definition) is 0. The number of nitrogens with zero attached hydrogens (tertiary/aromatic N) is 1. The molecular weight excluding hydrogens is 250 g/mol. The van der Waals surface area contributed by atoms with Gasteiger partial charge in [-0.05, 0) is 49.1 Å². The molecule has 0 aliphatic rings. The normalized spacial score (nSPS) is 10.6. The molecule has 0 aliphatic carbocycles. The topological polar surface area (TPSA) is 31.2 Å². The number of hydrogen-bond acceptors (Lipinski definition) is 2. The molecule has 0 N–H and O–H groups in total. The van der Waals surface area contributed by atoms with Crippen LogP contribution in [0, 0.1) is 6.92 Å². The zero-order valence-corrected chi connectivity index (χ0v) is 12.3. The summed E-state index contributed by atoms with van der Waals surface area (Å²) in [5.41, 5.74) is 3.13. The predicted molar refractivity (Wildman–Crippen MR) is 80.4 cm³/mol. The number of aryl methyl sites for hydroxylation is 3. The third kappa shape index (κ3) is 3.29. The van der Waals surface area contributed by atoms with E-state index >= 15 is 0 Å². The van der Waals surface area contributed by atoms with E-state index in [4.69, 9.17) is 4.74 Å². The van der Waals surface area contributed by atoms with Gasteiger partial charge in [0.25, 0.3) is 0 Å². The molecule has 3 nitrogen and oxygen atoms in total. The van der Waals surface area contributed by atoms with Gasteiger partial charge in [0.2, 0.25) is 0 Å². The lowest BCUT2D eigenvalue weighted by atomic mass is 10.0. The van der Waals surface area contributed by atoms with Gasteiger partial charge in [0.15, 0.2) is 5.78 Å². The van der Waals surface area contributed by atoms with Gasteiger partial charge in [-0.15, -0.1) is 0 Å². The molecule has 0 aliphatic heterocycles. The summed E-state index contributed by atoms with van der Waals surface area (Å²) < 4.78 is 7.19. The van der Waals surface area contributed by atoms with Crippen molar-refractivity contribution in [1.29, 1.82) is 0 Å². The van der Waals surface area contributed by atoms with E-state index in [-0.39, 0.29) is 5.78 Å². The van der Waals surface area contributed by atoms with Gasteiger partial charge >= 0.3 is 0 Å². The van der Waals surface area contributed by atoms with Gasteiger partial charge in [0.05, 0.1) is 12.8 Å². The lowest BCUT2D eigenvalue weighted by Gasteiger charge is -2.07. The third-order valence-electron chi connectivity index (χ3n) is 3.57. The summed E-state index contributed by atoms with van der Waals surface area (Å²) >= 11 is 0. The average molecular weight is 271 g/mol. The Morgan fingerprint density at radius 2 is 2.10 bits per heavy atom. The highest BCUT2D eigenvalue weighted by atomic mass is 16.5. The van der Waals surface area contributed by atoms with E-state index in [9.17, 15) is 4.79 Å². The fourth-order valence-electron chi connectivity index (χ4n) is 2.35. The van der Waals surface area contributed by atoms with Gasteiger partial charge in [-0.3, -0.25) is 4.79 Å². The second-order valence-corrected chi connectivity index (χ2v) is 5.09. The molecule has 1 aromatic carbocycles. The summed E-state index contributed by atoms with van der Waals surface area (Å²) in [5, 5.41) is 0. The van der Waals surface area contributed by atoms with Gasteiger partial charge < -0.3 is 9.30 Å². The molecule has 106 valence electrons. The lowest BCUT2D eigenvalue weighted by Crippen LogP contribution is -2.05. The van der Waals surface area contributed by atoms with E-state index in [0.29, 0.717) is 6.42 Å². The fourth-order valence-corrected chi connectivity index (χ4v) is 2.35. The number of carbonyl (C=O) groups is 1. The van der Waals surface area contributed by atoms with Crippen molar-refractivity contribution in [1.82, 2.24) is 4.57 Å². The van der Waals surface area contributed by atoms with Gasteiger partial charge in [0, 0.05) is 19.7 Å². The van der Waals surface area contributed by atoms with Crippen LogP contribution in [0.5, 0.6) is 5.75 Å². The molecule has 0 fully saturated rings. The summed E-state index contributed by atoms with van der Waals surface area (Å²) in [7, 11) is 3.59. The molecule has 0 amide bonds. The van der Waals surface area contributed by atoms with Crippen molar-refractivity contribution in [3.63, 3.8) is 0 Å². The Morgan fingerprint density at radius 1 is 1.30 bits per heavy atom. The van der Waals surface area contributed by atoms with Crippen LogP contribution in [0.1, 0.15) is 34.5 Å². The fraction of sp³-hybridized carbons (Fsp3) is 0.353. The first kappa shape index (κ1) is 14.4. The Hall–Kier alpha value is -2.03. The van der Waals surface area contributed by atoms with Gasteiger partial charge in [-0.1, -0.05) is 12.1 Å². The maximum Gasteiger partial charge on any atom is 0.179 e. The number of rotatable bonds is 6. The van der Waals surface area contributed by atoms with Crippen LogP contribution in [0.15, 0.2) is 36.5 Å². The van der Waals surface area contributed by atoms with E-state index < -0.39 is 0 Å². The van der Waals surface area contributed by atoms with Crippen molar-refractivity contribution in [2.75, 3.05) is 7.11 Å². The maximum absolute atomic E-state index is 12.0. The Bertz CT molecular complexity index is 599. The SMILES string of the molecule is COc1cc(CCCC(=O)c2cccn2C)ccc1C. The van der Waals surface area contributed by atoms with E-state index in [1.807, 2.05) is 36.9 Å². The van der Waals surface area contributed by atoms with Crippen LogP contribution in [-0.2, 0) is 13.5 Å². The maximum atomic E-state index is 12.0. The summed E-state index contributed by atoms with van der Waals surface area (Å²) in [6.07, 6.45) is 4.23. The van der Waals surface area contributed by atoms with Crippen LogP contribution >= 0.6 is 0 Å². The Labute approximate surface area is 120 Å². The van der Waals surface area contributed by atoms with E-state index in [1.165, 1.54) is 5.56 Å². The molecule has 0 spiro atoms. The molecule has 0 saturated heterocycles. The van der Waals surface area contributed by atoms with E-state index in [1.54, 1.807) is 7.11 Å². The minimum absolute atomic E-state index is 0.205. The monoisotopic (exact) mass is 271 g/mol. The largest absolute Gasteiger partial charge is 0.496 e. The van der Waals surface area contributed by atoms with E-state index in [0.717, 1.165) is 29.8 Å². The predicted octanol–water partition coefficient (Wildman–Crippen LogP) is 3.55. The molecule has 0 atom stereocenters. The van der Waals surface area contributed by atoms with Crippen LogP contribution in [0.4, 0.5) is 0 Å². The highest BCUT2D eigenvalue weighted by molar-refractivity contribution is 5.94. The van der Waals surface area contributed by atoms with Crippen LogP contribution in [-0.4, -0.2) is 17.5 Å². The standard InChI is InChI=1S/C17H21NO2/c1-13-9-10-14(12-17(13)20-3)6-4-8-16(19)15-7-5-11-18(15)2/h5,7,9-12H,4,6,8H2,1-3H3. The number of ketones is 1. The van der Waals surface area contributed by atoms with Gasteiger partial charge in [-0.25, -0.2) is 0 Å². The van der Waals surface area contributed by atoms with Crippen LogP contribution in [0.2, 0.25) is 0 Å². The van der Waals surface area contributed by atoms with Gasteiger partial charge in [-0.2, -0.15) is 0 Å². The molecule has 1 heterocycles. The number of benzene rings is 1. The molecule has 1 aromatic heterocycles. The smallest absolute Gasteiger partial charge is 0.179 e. The third-order valence-corrected chi connectivity index (χ3v) is 3.57. The second-order valence-electron chi connectivity index (χ2n) is 5.09. The van der Waals surface area contributed by atoms with Crippen molar-refractivity contribution in [2.24, 2.45) is 7.05 Å². The van der Waals surface area contributed by atoms with Crippen molar-refractivity contribution in [2.45, 2.75) is 26.2 Å². The zero-order valence-electron chi connectivity index (χ0n) is 12.3. The molecule has 2 aromatic rings. The van der Waals surface area contributed by atoms with Gasteiger partial charge in [0.1, 0.15) is 5.75 Å². The first-order valence-corrected chi connectivity index (χ1v) is 6.90. The van der Waals surface area contributed by atoms with Crippen molar-refractivity contribution >= 4 is 5.78 Å². The molecule has 0 radical (unpaired) electrons. The Kier molecular flexibility index (Phi) is 4.61. The molecule has 0 unspecified atom stereocenters. The van der Waals surface area contributed by atoms with Crippen LogP contribution in [0.25, 0.3) is 0 Å². The van der Waals surface area contributed by atoms with Crippen molar-refractivity contribution in [3.05, 3.63) is 53.3 Å². The quantitative estimate of drug-likeness (QED) is 0.752. The molecule has 20 heavy (non-hydrogen) atoms. The van der Waals surface area contributed by atoms with Crippen molar-refractivity contribution in [3.8, 4) is 5.75 Å². The number of ether oxygens (including phenoxy) is 1. The Morgan fingerprint density at radius 3 is 2.75 bits per heavy atom. The first-order chi connectivity index (χ1) is 9.61. The summed E-state index contributed by atoms with van der Waals surface area (Å²) in [6, 6.07) is 10.00. The highest BCUT2D eigenvalue weighted by Crippen LogP contribution is 2.20. The van der Waals surface area contributed by atoms with E-state index in [2.05, 4.69) is 18.2 Å².